The van der Waals surface area contributed by atoms with Crippen LogP contribution in [0.25, 0.3) is 43.4 Å². The first-order valence-corrected chi connectivity index (χ1v) is 7.71. The molecule has 0 unspecified atom stereocenters. The topological polar surface area (TPSA) is 15.8 Å². The standard InChI is InChI=1S/C20H12ClN/c21-17-11-18-19(15-8-4-3-7-14(15)17)16-10-9-12-5-1-2-6-13(12)20(16)22-18/h1-11,22H. The molecular formula is C20H12ClN. The smallest absolute Gasteiger partial charge is 0.0544 e. The van der Waals surface area contributed by atoms with Gasteiger partial charge in [-0.15, -0.1) is 0 Å². The van der Waals surface area contributed by atoms with Gasteiger partial charge in [0.1, 0.15) is 0 Å². The molecule has 0 saturated carbocycles. The maximum Gasteiger partial charge on any atom is 0.0544 e. The maximum atomic E-state index is 6.46. The Labute approximate surface area is 132 Å². The van der Waals surface area contributed by atoms with Gasteiger partial charge in [0.15, 0.2) is 0 Å². The molecule has 1 aromatic heterocycles. The monoisotopic (exact) mass is 301 g/mol. The van der Waals surface area contributed by atoms with Crippen LogP contribution in [0.1, 0.15) is 0 Å². The summed E-state index contributed by atoms with van der Waals surface area (Å²) in [5.74, 6) is 0. The first-order chi connectivity index (χ1) is 10.8. The number of halogens is 1. The second-order valence-corrected chi connectivity index (χ2v) is 6.07. The Hall–Kier alpha value is -2.51. The molecule has 0 aliphatic rings. The van der Waals surface area contributed by atoms with E-state index in [0.29, 0.717) is 0 Å². The first-order valence-electron chi connectivity index (χ1n) is 7.33. The predicted octanol–water partition coefficient (Wildman–Crippen LogP) is 6.28. The van der Waals surface area contributed by atoms with Gasteiger partial charge in [-0.3, -0.25) is 0 Å². The summed E-state index contributed by atoms with van der Waals surface area (Å²) >= 11 is 6.46. The normalized spacial score (nSPS) is 11.9. The largest absolute Gasteiger partial charge is 0.354 e. The number of aromatic amines is 1. The summed E-state index contributed by atoms with van der Waals surface area (Å²) in [4.78, 5) is 3.57. The van der Waals surface area contributed by atoms with E-state index >= 15 is 0 Å². The van der Waals surface area contributed by atoms with Crippen LogP contribution in [0.15, 0.2) is 66.7 Å². The van der Waals surface area contributed by atoms with Gasteiger partial charge >= 0.3 is 0 Å². The van der Waals surface area contributed by atoms with Crippen LogP contribution in [0.2, 0.25) is 5.02 Å². The van der Waals surface area contributed by atoms with Crippen molar-refractivity contribution in [2.45, 2.75) is 0 Å². The van der Waals surface area contributed by atoms with Crippen LogP contribution < -0.4 is 0 Å². The van der Waals surface area contributed by atoms with Gasteiger partial charge in [-0.05, 0) is 16.8 Å². The molecule has 5 rings (SSSR count). The summed E-state index contributed by atoms with van der Waals surface area (Å²) < 4.78 is 0. The van der Waals surface area contributed by atoms with Gasteiger partial charge in [0.05, 0.1) is 10.5 Å². The third-order valence-electron chi connectivity index (χ3n) is 4.45. The summed E-state index contributed by atoms with van der Waals surface area (Å²) in [5.41, 5.74) is 2.27. The van der Waals surface area contributed by atoms with Gasteiger partial charge in [0.25, 0.3) is 0 Å². The predicted molar refractivity (Wildman–Crippen MR) is 95.8 cm³/mol. The van der Waals surface area contributed by atoms with Crippen molar-refractivity contribution in [3.05, 3.63) is 71.8 Å². The fraction of sp³-hybridized carbons (Fsp3) is 0. The summed E-state index contributed by atoms with van der Waals surface area (Å²) in [5, 5.41) is 8.09. The highest BCUT2D eigenvalue weighted by Gasteiger charge is 2.12. The Morgan fingerprint density at radius 1 is 0.682 bits per heavy atom. The van der Waals surface area contributed by atoms with Crippen molar-refractivity contribution in [1.29, 1.82) is 0 Å². The molecule has 0 bridgehead atoms. The van der Waals surface area contributed by atoms with Crippen LogP contribution in [0, 0.1) is 0 Å². The van der Waals surface area contributed by atoms with Crippen LogP contribution in [-0.2, 0) is 0 Å². The third-order valence-corrected chi connectivity index (χ3v) is 4.76. The van der Waals surface area contributed by atoms with E-state index in [1.165, 1.54) is 32.4 Å². The molecule has 1 N–H and O–H groups in total. The van der Waals surface area contributed by atoms with E-state index < -0.39 is 0 Å². The van der Waals surface area contributed by atoms with E-state index in [9.17, 15) is 0 Å². The number of rotatable bonds is 0. The van der Waals surface area contributed by atoms with Crippen molar-refractivity contribution in [2.24, 2.45) is 0 Å². The molecule has 5 aromatic rings. The Morgan fingerprint density at radius 3 is 2.27 bits per heavy atom. The quantitative estimate of drug-likeness (QED) is 0.346. The number of H-pyrrole nitrogens is 1. The average Bonchev–Trinajstić information content (AvgIpc) is 2.94. The number of hydrogen-bond donors (Lipinski definition) is 1. The molecule has 0 saturated heterocycles. The summed E-state index contributed by atoms with van der Waals surface area (Å²) in [6, 6.07) is 23.2. The SMILES string of the molecule is Clc1cc2[nH]c3c4ccccc4ccc3c2c2ccccc12. The van der Waals surface area contributed by atoms with E-state index in [2.05, 4.69) is 59.6 Å². The van der Waals surface area contributed by atoms with Crippen molar-refractivity contribution in [1.82, 2.24) is 4.98 Å². The van der Waals surface area contributed by atoms with E-state index in [1.807, 2.05) is 12.1 Å². The Kier molecular flexibility index (Phi) is 2.33. The fourth-order valence-corrected chi connectivity index (χ4v) is 3.74. The highest BCUT2D eigenvalue weighted by Crippen LogP contribution is 2.38. The average molecular weight is 302 g/mol. The minimum atomic E-state index is 0.791. The lowest BCUT2D eigenvalue weighted by atomic mass is 10.0. The lowest BCUT2D eigenvalue weighted by Gasteiger charge is -2.03. The molecule has 4 aromatic carbocycles. The molecular weight excluding hydrogens is 290 g/mol. The van der Waals surface area contributed by atoms with Crippen LogP contribution >= 0.6 is 11.6 Å². The molecule has 0 spiro atoms. The molecule has 0 radical (unpaired) electrons. The van der Waals surface area contributed by atoms with Crippen molar-refractivity contribution in [2.75, 3.05) is 0 Å². The molecule has 1 nitrogen and oxygen atoms in total. The number of nitrogens with one attached hydrogen (secondary N) is 1. The number of fused-ring (bicyclic) bond motifs is 7. The van der Waals surface area contributed by atoms with Gasteiger partial charge in [0.2, 0.25) is 0 Å². The van der Waals surface area contributed by atoms with Gasteiger partial charge in [-0.25, -0.2) is 0 Å². The number of benzene rings is 4. The molecule has 0 aliphatic carbocycles. The highest BCUT2D eigenvalue weighted by atomic mass is 35.5. The molecule has 2 heteroatoms. The Balaban J connectivity index is 2.12. The maximum absolute atomic E-state index is 6.46. The zero-order valence-electron chi connectivity index (χ0n) is 11.7. The summed E-state index contributed by atoms with van der Waals surface area (Å²) in [6.45, 7) is 0. The lowest BCUT2D eigenvalue weighted by molar-refractivity contribution is 1.57. The molecule has 0 aliphatic heterocycles. The van der Waals surface area contributed by atoms with E-state index in [0.717, 1.165) is 15.9 Å². The highest BCUT2D eigenvalue weighted by molar-refractivity contribution is 6.39. The molecule has 1 heterocycles. The Bertz CT molecular complexity index is 1180. The number of hydrogen-bond acceptors (Lipinski definition) is 0. The first kappa shape index (κ1) is 12.1. The third kappa shape index (κ3) is 1.49. The minimum absolute atomic E-state index is 0.791. The lowest BCUT2D eigenvalue weighted by Crippen LogP contribution is -1.76. The van der Waals surface area contributed by atoms with Gasteiger partial charge < -0.3 is 4.98 Å². The van der Waals surface area contributed by atoms with Crippen molar-refractivity contribution < 1.29 is 0 Å². The van der Waals surface area contributed by atoms with Crippen LogP contribution in [0.5, 0.6) is 0 Å². The van der Waals surface area contributed by atoms with Crippen LogP contribution in [0.3, 0.4) is 0 Å². The van der Waals surface area contributed by atoms with Crippen LogP contribution in [-0.4, -0.2) is 4.98 Å². The second-order valence-electron chi connectivity index (χ2n) is 5.66. The Morgan fingerprint density at radius 2 is 1.41 bits per heavy atom. The molecule has 0 amide bonds. The molecule has 104 valence electrons. The summed E-state index contributed by atoms with van der Waals surface area (Å²) in [6.07, 6.45) is 0. The molecule has 22 heavy (non-hydrogen) atoms. The minimum Gasteiger partial charge on any atom is -0.354 e. The zero-order valence-corrected chi connectivity index (χ0v) is 12.5. The number of aromatic nitrogens is 1. The van der Waals surface area contributed by atoms with Gasteiger partial charge in [-0.1, -0.05) is 72.3 Å². The molecule has 0 fully saturated rings. The van der Waals surface area contributed by atoms with Crippen LogP contribution in [0.4, 0.5) is 0 Å². The molecule has 0 atom stereocenters. The van der Waals surface area contributed by atoms with E-state index in [-0.39, 0.29) is 0 Å². The van der Waals surface area contributed by atoms with E-state index in [4.69, 9.17) is 11.6 Å². The van der Waals surface area contributed by atoms with Crippen molar-refractivity contribution >= 4 is 55.0 Å². The van der Waals surface area contributed by atoms with Crippen molar-refractivity contribution in [3.8, 4) is 0 Å². The van der Waals surface area contributed by atoms with Gasteiger partial charge in [0, 0.05) is 27.1 Å². The van der Waals surface area contributed by atoms with E-state index in [1.54, 1.807) is 0 Å². The summed E-state index contributed by atoms with van der Waals surface area (Å²) in [7, 11) is 0. The zero-order chi connectivity index (χ0) is 14.7. The van der Waals surface area contributed by atoms with Gasteiger partial charge in [-0.2, -0.15) is 0 Å². The second kappa shape index (κ2) is 4.25. The fourth-order valence-electron chi connectivity index (χ4n) is 3.47. The van der Waals surface area contributed by atoms with Crippen molar-refractivity contribution in [3.63, 3.8) is 0 Å².